The molecule has 0 saturated heterocycles. The number of aromatic nitrogens is 1. The average Bonchev–Trinajstić information content (AvgIpc) is 2.97. The highest BCUT2D eigenvalue weighted by Gasteiger charge is 2.11. The van der Waals surface area contributed by atoms with Crippen molar-refractivity contribution in [2.45, 2.75) is 13.1 Å². The first kappa shape index (κ1) is 18.7. The number of ether oxygens (including phenoxy) is 1. The molecule has 0 aliphatic rings. The predicted octanol–water partition coefficient (Wildman–Crippen LogP) is 3.69. The number of halogens is 1. The molecule has 2 N–H and O–H groups in total. The number of nitrogens with zero attached hydrogens (tertiary/aromatic N) is 2. The zero-order valence-corrected chi connectivity index (χ0v) is 15.3. The van der Waals surface area contributed by atoms with E-state index >= 15 is 0 Å². The van der Waals surface area contributed by atoms with E-state index in [0.29, 0.717) is 6.54 Å². The van der Waals surface area contributed by atoms with Gasteiger partial charge in [-0.1, -0.05) is 30.3 Å². The number of hydrogen-bond acceptors (Lipinski definition) is 5. The van der Waals surface area contributed by atoms with Crippen LogP contribution in [-0.2, 0) is 13.1 Å². The van der Waals surface area contributed by atoms with Gasteiger partial charge in [-0.15, -0.1) is 23.7 Å². The average molecular weight is 364 g/mol. The summed E-state index contributed by atoms with van der Waals surface area (Å²) in [5, 5.41) is 1.11. The second-order valence-corrected chi connectivity index (χ2v) is 6.54. The van der Waals surface area contributed by atoms with Gasteiger partial charge in [-0.05, 0) is 23.8 Å². The summed E-state index contributed by atoms with van der Waals surface area (Å²) < 4.78 is 6.44. The van der Waals surface area contributed by atoms with Crippen molar-refractivity contribution in [2.75, 3.05) is 20.2 Å². The lowest BCUT2D eigenvalue weighted by Gasteiger charge is -2.20. The van der Waals surface area contributed by atoms with Crippen molar-refractivity contribution >= 4 is 34.0 Å². The summed E-state index contributed by atoms with van der Waals surface area (Å²) >= 11 is 1.72. The molecule has 0 aliphatic carbocycles. The second-order valence-electron chi connectivity index (χ2n) is 5.43. The lowest BCUT2D eigenvalue weighted by molar-refractivity contribution is 0.264. The number of rotatable bonds is 7. The fourth-order valence-electron chi connectivity index (χ4n) is 2.58. The van der Waals surface area contributed by atoms with Gasteiger partial charge in [0.05, 0.1) is 23.9 Å². The molecule has 0 radical (unpaired) electrons. The Balaban J connectivity index is 0.00000208. The van der Waals surface area contributed by atoms with Crippen LogP contribution in [0.1, 0.15) is 10.6 Å². The molecule has 3 aromatic rings. The van der Waals surface area contributed by atoms with Crippen LogP contribution in [0.5, 0.6) is 5.75 Å². The standard InChI is InChI=1S/C18H21N3OS.ClH/c1-22-15-7-8-16-17(11-15)23-18(20-16)13-21(10-9-19)12-14-5-3-2-4-6-14;/h2-8,11H,9-10,12-13,19H2,1H3;1H. The van der Waals surface area contributed by atoms with Gasteiger partial charge in [-0.25, -0.2) is 4.98 Å². The van der Waals surface area contributed by atoms with Crippen molar-refractivity contribution in [3.8, 4) is 5.75 Å². The molecule has 6 heteroatoms. The van der Waals surface area contributed by atoms with Crippen LogP contribution in [0.15, 0.2) is 48.5 Å². The van der Waals surface area contributed by atoms with E-state index in [-0.39, 0.29) is 12.4 Å². The number of fused-ring (bicyclic) bond motifs is 1. The highest BCUT2D eigenvalue weighted by atomic mass is 35.5. The first-order valence-corrected chi connectivity index (χ1v) is 8.50. The van der Waals surface area contributed by atoms with Crippen LogP contribution in [0.2, 0.25) is 0 Å². The van der Waals surface area contributed by atoms with Crippen molar-refractivity contribution in [1.82, 2.24) is 9.88 Å². The van der Waals surface area contributed by atoms with E-state index < -0.39 is 0 Å². The summed E-state index contributed by atoms with van der Waals surface area (Å²) in [6.07, 6.45) is 0. The third-order valence-electron chi connectivity index (χ3n) is 3.69. The highest BCUT2D eigenvalue weighted by Crippen LogP contribution is 2.27. The molecule has 3 rings (SSSR count). The summed E-state index contributed by atoms with van der Waals surface area (Å²) in [6.45, 7) is 3.20. The van der Waals surface area contributed by atoms with E-state index in [2.05, 4.69) is 29.2 Å². The van der Waals surface area contributed by atoms with E-state index in [0.717, 1.165) is 40.6 Å². The first-order valence-electron chi connectivity index (χ1n) is 7.68. The van der Waals surface area contributed by atoms with E-state index in [1.165, 1.54) is 5.56 Å². The third kappa shape index (κ3) is 4.68. The van der Waals surface area contributed by atoms with E-state index in [9.17, 15) is 0 Å². The maximum atomic E-state index is 5.77. The molecule has 4 nitrogen and oxygen atoms in total. The molecule has 0 atom stereocenters. The van der Waals surface area contributed by atoms with E-state index in [4.69, 9.17) is 15.5 Å². The van der Waals surface area contributed by atoms with Crippen molar-refractivity contribution in [1.29, 1.82) is 0 Å². The lowest BCUT2D eigenvalue weighted by atomic mass is 10.2. The molecule has 1 aromatic heterocycles. The Hall–Kier alpha value is -1.66. The van der Waals surface area contributed by atoms with Crippen LogP contribution in [0.25, 0.3) is 10.2 Å². The molecule has 1 heterocycles. The fourth-order valence-corrected chi connectivity index (χ4v) is 3.62. The topological polar surface area (TPSA) is 51.4 Å². The van der Waals surface area contributed by atoms with Gasteiger partial charge < -0.3 is 10.5 Å². The minimum Gasteiger partial charge on any atom is -0.497 e. The summed E-state index contributed by atoms with van der Waals surface area (Å²) in [6, 6.07) is 16.5. The number of methoxy groups -OCH3 is 1. The van der Waals surface area contributed by atoms with Crippen LogP contribution >= 0.6 is 23.7 Å². The fraction of sp³-hybridized carbons (Fsp3) is 0.278. The van der Waals surface area contributed by atoms with Gasteiger partial charge >= 0.3 is 0 Å². The predicted molar refractivity (Wildman–Crippen MR) is 103 cm³/mol. The molecule has 0 fully saturated rings. The SMILES string of the molecule is COc1ccc2nc(CN(CCN)Cc3ccccc3)sc2c1.Cl. The monoisotopic (exact) mass is 363 g/mol. The quantitative estimate of drug-likeness (QED) is 0.695. The van der Waals surface area contributed by atoms with E-state index in [1.54, 1.807) is 18.4 Å². The smallest absolute Gasteiger partial charge is 0.120 e. The number of thiazole rings is 1. The highest BCUT2D eigenvalue weighted by molar-refractivity contribution is 7.18. The van der Waals surface area contributed by atoms with Gasteiger partial charge in [0.1, 0.15) is 10.8 Å². The number of nitrogens with two attached hydrogens (primary N) is 1. The van der Waals surface area contributed by atoms with Crippen LogP contribution < -0.4 is 10.5 Å². The van der Waals surface area contributed by atoms with Gasteiger partial charge in [0.2, 0.25) is 0 Å². The molecule has 128 valence electrons. The van der Waals surface area contributed by atoms with E-state index in [1.807, 2.05) is 24.3 Å². The summed E-state index contributed by atoms with van der Waals surface area (Å²) in [5.74, 6) is 0.871. The maximum Gasteiger partial charge on any atom is 0.120 e. The van der Waals surface area contributed by atoms with Crippen molar-refractivity contribution < 1.29 is 4.74 Å². The van der Waals surface area contributed by atoms with Crippen LogP contribution in [-0.4, -0.2) is 30.1 Å². The van der Waals surface area contributed by atoms with Crippen LogP contribution in [0.4, 0.5) is 0 Å². The number of benzene rings is 2. The Morgan fingerprint density at radius 2 is 1.92 bits per heavy atom. The Morgan fingerprint density at radius 3 is 2.62 bits per heavy atom. The third-order valence-corrected chi connectivity index (χ3v) is 4.70. The summed E-state index contributed by atoms with van der Waals surface area (Å²) in [4.78, 5) is 7.07. The normalized spacial score (nSPS) is 10.8. The van der Waals surface area contributed by atoms with Crippen molar-refractivity contribution in [3.05, 3.63) is 59.1 Å². The largest absolute Gasteiger partial charge is 0.497 e. The van der Waals surface area contributed by atoms with Crippen molar-refractivity contribution in [3.63, 3.8) is 0 Å². The Kier molecular flexibility index (Phi) is 6.99. The minimum atomic E-state index is 0. The van der Waals surface area contributed by atoms with Crippen LogP contribution in [0, 0.1) is 0 Å². The molecule has 0 saturated carbocycles. The molecule has 2 aromatic carbocycles. The van der Waals surface area contributed by atoms with Gasteiger partial charge in [-0.2, -0.15) is 0 Å². The zero-order chi connectivity index (χ0) is 16.1. The molecule has 0 unspecified atom stereocenters. The second kappa shape index (κ2) is 8.99. The van der Waals surface area contributed by atoms with Gasteiger partial charge in [-0.3, -0.25) is 4.90 Å². The number of hydrogen-bond donors (Lipinski definition) is 1. The molecule has 24 heavy (non-hydrogen) atoms. The molecular weight excluding hydrogens is 342 g/mol. The van der Waals surface area contributed by atoms with Gasteiger partial charge in [0, 0.05) is 19.6 Å². The molecule has 0 bridgehead atoms. The minimum absolute atomic E-state index is 0. The molecule has 0 spiro atoms. The van der Waals surface area contributed by atoms with Gasteiger partial charge in [0.25, 0.3) is 0 Å². The summed E-state index contributed by atoms with van der Waals surface area (Å²) in [5.41, 5.74) is 8.10. The molecule has 0 amide bonds. The van der Waals surface area contributed by atoms with Gasteiger partial charge in [0.15, 0.2) is 0 Å². The van der Waals surface area contributed by atoms with Crippen molar-refractivity contribution in [2.24, 2.45) is 5.73 Å². The summed E-state index contributed by atoms with van der Waals surface area (Å²) in [7, 11) is 1.69. The molecular formula is C18H22ClN3OS. The maximum absolute atomic E-state index is 5.77. The Labute approximate surface area is 152 Å². The van der Waals surface area contributed by atoms with Crippen LogP contribution in [0.3, 0.4) is 0 Å². The lowest BCUT2D eigenvalue weighted by Crippen LogP contribution is -2.28. The molecule has 0 aliphatic heterocycles. The Bertz CT molecular complexity index is 763. The first-order chi connectivity index (χ1) is 11.3. The Morgan fingerprint density at radius 1 is 1.12 bits per heavy atom. The zero-order valence-electron chi connectivity index (χ0n) is 13.6.